The Kier molecular flexibility index (Phi) is 6.68. The Morgan fingerprint density at radius 1 is 1.00 bits per heavy atom. The fraction of sp³-hybridized carbons (Fsp3) is 0.217. The van der Waals surface area contributed by atoms with Crippen LogP contribution in [0.15, 0.2) is 83.5 Å². The number of rotatable bonds is 9. The van der Waals surface area contributed by atoms with E-state index in [2.05, 4.69) is 35.7 Å². The first-order chi connectivity index (χ1) is 12.9. The van der Waals surface area contributed by atoms with Crippen LogP contribution in [0.1, 0.15) is 29.2 Å². The number of para-hydroxylation sites is 1. The van der Waals surface area contributed by atoms with Crippen LogP contribution in [0.25, 0.3) is 6.08 Å². The average molecular weight is 347 g/mol. The summed E-state index contributed by atoms with van der Waals surface area (Å²) in [5.41, 5.74) is 2.38. The Bertz CT molecular complexity index is 794. The van der Waals surface area contributed by atoms with E-state index in [9.17, 15) is 0 Å². The number of nitrogens with one attached hydrogen (secondary N) is 1. The zero-order valence-corrected chi connectivity index (χ0v) is 15.1. The molecule has 2 aromatic carbocycles. The molecule has 0 aliphatic rings. The molecular formula is C23H25NO2. The van der Waals surface area contributed by atoms with Gasteiger partial charge >= 0.3 is 0 Å². The van der Waals surface area contributed by atoms with Gasteiger partial charge in [-0.2, -0.15) is 0 Å². The molecule has 26 heavy (non-hydrogen) atoms. The second kappa shape index (κ2) is 9.64. The number of benzene rings is 2. The van der Waals surface area contributed by atoms with Gasteiger partial charge in [0, 0.05) is 18.0 Å². The molecule has 1 atom stereocenters. The lowest BCUT2D eigenvalue weighted by Crippen LogP contribution is -2.18. The van der Waals surface area contributed by atoms with Crippen molar-refractivity contribution in [2.75, 3.05) is 20.2 Å². The molecule has 0 radical (unpaired) electrons. The molecule has 3 nitrogen and oxygen atoms in total. The first kappa shape index (κ1) is 18.0. The van der Waals surface area contributed by atoms with Crippen molar-refractivity contribution in [1.29, 1.82) is 0 Å². The van der Waals surface area contributed by atoms with Crippen molar-refractivity contribution >= 4 is 6.08 Å². The van der Waals surface area contributed by atoms with Gasteiger partial charge in [-0.1, -0.05) is 60.7 Å². The van der Waals surface area contributed by atoms with Crippen molar-refractivity contribution in [3.05, 3.63) is 96.0 Å². The molecule has 0 aliphatic carbocycles. The van der Waals surface area contributed by atoms with Gasteiger partial charge in [0.25, 0.3) is 0 Å². The van der Waals surface area contributed by atoms with E-state index in [0.29, 0.717) is 0 Å². The van der Waals surface area contributed by atoms with E-state index in [1.165, 1.54) is 5.56 Å². The molecule has 0 saturated heterocycles. The summed E-state index contributed by atoms with van der Waals surface area (Å²) < 4.78 is 11.2. The molecule has 134 valence electrons. The van der Waals surface area contributed by atoms with Crippen molar-refractivity contribution in [3.63, 3.8) is 0 Å². The van der Waals surface area contributed by atoms with Crippen molar-refractivity contribution in [1.82, 2.24) is 5.32 Å². The van der Waals surface area contributed by atoms with Crippen LogP contribution in [0.5, 0.6) is 5.75 Å². The minimum Gasteiger partial charge on any atom is -0.496 e. The molecule has 3 aromatic rings. The average Bonchev–Trinajstić information content (AvgIpc) is 3.23. The van der Waals surface area contributed by atoms with Gasteiger partial charge in [-0.15, -0.1) is 0 Å². The van der Waals surface area contributed by atoms with Gasteiger partial charge in [0.2, 0.25) is 0 Å². The molecule has 0 amide bonds. The van der Waals surface area contributed by atoms with Gasteiger partial charge in [-0.3, -0.25) is 0 Å². The van der Waals surface area contributed by atoms with Crippen LogP contribution in [0.3, 0.4) is 0 Å². The topological polar surface area (TPSA) is 34.4 Å². The standard InChI is InChI=1S/C23H25NO2/c1-25-22-13-6-5-12-20(22)21(23-14-8-18-26-23)15-17-24-16-7-11-19-9-3-2-4-10-19/h2-14,18,21,24H,15-17H2,1H3/b11-7+/t21-/m1/s1. The SMILES string of the molecule is COc1ccccc1[C@@H](CCNC/C=C/c1ccccc1)c1ccco1. The van der Waals surface area contributed by atoms with Gasteiger partial charge in [-0.25, -0.2) is 0 Å². The Labute approximate surface area is 155 Å². The largest absolute Gasteiger partial charge is 0.496 e. The molecule has 0 unspecified atom stereocenters. The predicted molar refractivity (Wildman–Crippen MR) is 107 cm³/mol. The minimum atomic E-state index is 0.173. The molecule has 1 heterocycles. The van der Waals surface area contributed by atoms with E-state index >= 15 is 0 Å². The predicted octanol–water partition coefficient (Wildman–Crippen LogP) is 5.11. The molecule has 1 N–H and O–H groups in total. The summed E-state index contributed by atoms with van der Waals surface area (Å²) >= 11 is 0. The van der Waals surface area contributed by atoms with Gasteiger partial charge in [0.15, 0.2) is 0 Å². The summed E-state index contributed by atoms with van der Waals surface area (Å²) in [5, 5.41) is 3.49. The van der Waals surface area contributed by atoms with E-state index in [4.69, 9.17) is 9.15 Å². The van der Waals surface area contributed by atoms with E-state index in [1.807, 2.05) is 48.5 Å². The molecule has 0 aliphatic heterocycles. The third-order valence-electron chi connectivity index (χ3n) is 4.38. The van der Waals surface area contributed by atoms with Gasteiger partial charge in [0.05, 0.1) is 13.4 Å². The highest BCUT2D eigenvalue weighted by Gasteiger charge is 2.20. The Balaban J connectivity index is 1.58. The quantitative estimate of drug-likeness (QED) is 0.546. The van der Waals surface area contributed by atoms with Crippen molar-refractivity contribution in [3.8, 4) is 5.75 Å². The summed E-state index contributed by atoms with van der Waals surface area (Å²) in [7, 11) is 1.71. The van der Waals surface area contributed by atoms with E-state index in [0.717, 1.165) is 36.6 Å². The molecule has 0 spiro atoms. The highest BCUT2D eigenvalue weighted by molar-refractivity contribution is 5.48. The molecule has 0 saturated carbocycles. The lowest BCUT2D eigenvalue weighted by Gasteiger charge is -2.18. The molecule has 1 aromatic heterocycles. The number of hydrogen-bond acceptors (Lipinski definition) is 3. The van der Waals surface area contributed by atoms with Crippen molar-refractivity contribution in [2.45, 2.75) is 12.3 Å². The Morgan fingerprint density at radius 3 is 2.58 bits per heavy atom. The number of methoxy groups -OCH3 is 1. The first-order valence-corrected chi connectivity index (χ1v) is 8.97. The van der Waals surface area contributed by atoms with Gasteiger partial charge < -0.3 is 14.5 Å². The van der Waals surface area contributed by atoms with Crippen LogP contribution < -0.4 is 10.1 Å². The molecule has 0 fully saturated rings. The second-order valence-electron chi connectivity index (χ2n) is 6.12. The number of ether oxygens (including phenoxy) is 1. The lowest BCUT2D eigenvalue weighted by molar-refractivity contribution is 0.399. The van der Waals surface area contributed by atoms with Crippen LogP contribution in [-0.4, -0.2) is 20.2 Å². The summed E-state index contributed by atoms with van der Waals surface area (Å²) in [6.07, 6.45) is 6.96. The molecular weight excluding hydrogens is 322 g/mol. The summed E-state index contributed by atoms with van der Waals surface area (Å²) in [6.45, 7) is 1.73. The number of hydrogen-bond donors (Lipinski definition) is 1. The summed E-state index contributed by atoms with van der Waals surface area (Å²) in [4.78, 5) is 0. The zero-order valence-electron chi connectivity index (χ0n) is 15.1. The maximum atomic E-state index is 5.69. The van der Waals surface area contributed by atoms with Crippen molar-refractivity contribution < 1.29 is 9.15 Å². The van der Waals surface area contributed by atoms with Crippen LogP contribution in [0.2, 0.25) is 0 Å². The molecule has 0 bridgehead atoms. The summed E-state index contributed by atoms with van der Waals surface area (Å²) in [6, 6.07) is 22.5. The fourth-order valence-electron chi connectivity index (χ4n) is 3.09. The Hall–Kier alpha value is -2.78. The van der Waals surface area contributed by atoms with Crippen molar-refractivity contribution in [2.24, 2.45) is 0 Å². The first-order valence-electron chi connectivity index (χ1n) is 8.97. The van der Waals surface area contributed by atoms with E-state index in [-0.39, 0.29) is 5.92 Å². The van der Waals surface area contributed by atoms with Crippen LogP contribution in [0, 0.1) is 0 Å². The molecule has 3 heteroatoms. The van der Waals surface area contributed by atoms with Crippen LogP contribution in [0.4, 0.5) is 0 Å². The number of furan rings is 1. The third-order valence-corrected chi connectivity index (χ3v) is 4.38. The zero-order chi connectivity index (χ0) is 18.0. The van der Waals surface area contributed by atoms with Crippen LogP contribution >= 0.6 is 0 Å². The monoisotopic (exact) mass is 347 g/mol. The van der Waals surface area contributed by atoms with Gasteiger partial charge in [0.1, 0.15) is 11.5 Å². The van der Waals surface area contributed by atoms with E-state index in [1.54, 1.807) is 13.4 Å². The highest BCUT2D eigenvalue weighted by Crippen LogP contribution is 2.34. The smallest absolute Gasteiger partial charge is 0.122 e. The van der Waals surface area contributed by atoms with Gasteiger partial charge in [-0.05, 0) is 36.7 Å². The lowest BCUT2D eigenvalue weighted by atomic mass is 9.92. The normalized spacial score (nSPS) is 12.3. The summed E-state index contributed by atoms with van der Waals surface area (Å²) in [5.74, 6) is 2.04. The molecule has 3 rings (SSSR count). The van der Waals surface area contributed by atoms with E-state index < -0.39 is 0 Å². The minimum absolute atomic E-state index is 0.173. The third kappa shape index (κ3) is 4.87. The van der Waals surface area contributed by atoms with Crippen LogP contribution in [-0.2, 0) is 0 Å². The second-order valence-corrected chi connectivity index (χ2v) is 6.12. The maximum Gasteiger partial charge on any atom is 0.122 e. The fourth-order valence-corrected chi connectivity index (χ4v) is 3.09. The Morgan fingerprint density at radius 2 is 1.81 bits per heavy atom. The highest BCUT2D eigenvalue weighted by atomic mass is 16.5. The maximum absolute atomic E-state index is 5.69.